The number of halogens is 1. The van der Waals surface area contributed by atoms with Gasteiger partial charge in [-0.25, -0.2) is 4.79 Å². The molecule has 0 fully saturated rings. The Morgan fingerprint density at radius 2 is 2.38 bits per heavy atom. The van der Waals surface area contributed by atoms with Gasteiger partial charge in [-0.15, -0.1) is 16.8 Å². The highest BCUT2D eigenvalue weighted by molar-refractivity contribution is 8.01. The zero-order valence-corrected chi connectivity index (χ0v) is 14.7. The first kappa shape index (κ1) is 16.9. The lowest BCUT2D eigenvalue weighted by atomic mass is 9.98. The lowest BCUT2D eigenvalue weighted by Crippen LogP contribution is -2.38. The molecule has 24 heavy (non-hydrogen) atoms. The molecule has 1 aliphatic rings. The van der Waals surface area contributed by atoms with E-state index in [9.17, 15) is 9.59 Å². The molecule has 2 heterocycles. The van der Waals surface area contributed by atoms with E-state index in [-0.39, 0.29) is 6.42 Å². The minimum Gasteiger partial charge on any atom is -0.448 e. The molecule has 2 aromatic rings. The van der Waals surface area contributed by atoms with Crippen LogP contribution in [0.1, 0.15) is 15.9 Å². The SMILES string of the molecule is C=CCSc1nnc(NC(=O)C2Cc3cccc(Cl)c3C(=O)O2)s1. The zero-order chi connectivity index (χ0) is 17.1. The van der Waals surface area contributed by atoms with Gasteiger partial charge in [-0.1, -0.05) is 52.9 Å². The fourth-order valence-corrected chi connectivity index (χ4v) is 3.97. The number of anilines is 1. The number of fused-ring (bicyclic) bond motifs is 1. The molecular formula is C15H12ClN3O3S2. The summed E-state index contributed by atoms with van der Waals surface area (Å²) in [7, 11) is 0. The van der Waals surface area contributed by atoms with Crippen LogP contribution in [0.2, 0.25) is 5.02 Å². The molecule has 6 nitrogen and oxygen atoms in total. The van der Waals surface area contributed by atoms with E-state index < -0.39 is 18.0 Å². The van der Waals surface area contributed by atoms with E-state index in [1.54, 1.807) is 24.3 Å². The van der Waals surface area contributed by atoms with Crippen LogP contribution in [0.15, 0.2) is 35.2 Å². The Morgan fingerprint density at radius 3 is 3.17 bits per heavy atom. The second kappa shape index (κ2) is 7.33. The number of ether oxygens (including phenoxy) is 1. The van der Waals surface area contributed by atoms with Gasteiger partial charge in [0.25, 0.3) is 5.91 Å². The first-order valence-corrected chi connectivity index (χ1v) is 9.13. The maximum Gasteiger partial charge on any atom is 0.340 e. The molecule has 1 amide bonds. The Labute approximate surface area is 151 Å². The Balaban J connectivity index is 1.69. The number of aromatic nitrogens is 2. The molecule has 1 aromatic carbocycles. The van der Waals surface area contributed by atoms with Gasteiger partial charge in [0.1, 0.15) is 0 Å². The van der Waals surface area contributed by atoms with Gasteiger partial charge in [-0.05, 0) is 11.6 Å². The number of nitrogens with one attached hydrogen (secondary N) is 1. The molecule has 0 spiro atoms. The molecule has 124 valence electrons. The number of rotatable bonds is 5. The Bertz CT molecular complexity index is 809. The van der Waals surface area contributed by atoms with E-state index in [4.69, 9.17) is 16.3 Å². The predicted molar refractivity (Wildman–Crippen MR) is 93.8 cm³/mol. The van der Waals surface area contributed by atoms with Crippen LogP contribution in [0.4, 0.5) is 5.13 Å². The van der Waals surface area contributed by atoms with Crippen LogP contribution in [-0.2, 0) is 16.0 Å². The summed E-state index contributed by atoms with van der Waals surface area (Å²) in [6.45, 7) is 3.63. The number of hydrogen-bond acceptors (Lipinski definition) is 7. The topological polar surface area (TPSA) is 81.2 Å². The smallest absolute Gasteiger partial charge is 0.340 e. The molecule has 0 radical (unpaired) electrons. The fourth-order valence-electron chi connectivity index (χ4n) is 2.18. The fraction of sp³-hybridized carbons (Fsp3) is 0.200. The van der Waals surface area contributed by atoms with Crippen molar-refractivity contribution in [2.24, 2.45) is 0 Å². The summed E-state index contributed by atoms with van der Waals surface area (Å²) in [6, 6.07) is 5.12. The van der Waals surface area contributed by atoms with E-state index in [1.807, 2.05) is 0 Å². The number of cyclic esters (lactones) is 1. The van der Waals surface area contributed by atoms with Crippen molar-refractivity contribution in [1.29, 1.82) is 0 Å². The number of hydrogen-bond donors (Lipinski definition) is 1. The van der Waals surface area contributed by atoms with Gasteiger partial charge in [-0.3, -0.25) is 10.1 Å². The molecule has 1 aliphatic heterocycles. The number of carbonyl (C=O) groups is 2. The third-order valence-corrected chi connectivity index (χ3v) is 5.50. The number of carbonyl (C=O) groups excluding carboxylic acids is 2. The van der Waals surface area contributed by atoms with Crippen molar-refractivity contribution in [3.8, 4) is 0 Å². The molecule has 9 heteroatoms. The molecular weight excluding hydrogens is 370 g/mol. The summed E-state index contributed by atoms with van der Waals surface area (Å²) in [5.41, 5.74) is 1.01. The van der Waals surface area contributed by atoms with E-state index >= 15 is 0 Å². The molecule has 0 aliphatic carbocycles. The van der Waals surface area contributed by atoms with E-state index in [2.05, 4.69) is 22.1 Å². The average Bonchev–Trinajstić information content (AvgIpc) is 3.00. The normalized spacial score (nSPS) is 16.2. The second-order valence-corrected chi connectivity index (χ2v) is 7.49. The summed E-state index contributed by atoms with van der Waals surface area (Å²) < 4.78 is 5.93. The molecule has 3 rings (SSSR count). The van der Waals surface area contributed by atoms with E-state index in [1.165, 1.54) is 23.1 Å². The van der Waals surface area contributed by atoms with Crippen molar-refractivity contribution < 1.29 is 14.3 Å². The van der Waals surface area contributed by atoms with Crippen molar-refractivity contribution in [2.75, 3.05) is 11.1 Å². The van der Waals surface area contributed by atoms with Gasteiger partial charge in [0.05, 0.1) is 10.6 Å². The van der Waals surface area contributed by atoms with Crippen LogP contribution in [0.5, 0.6) is 0 Å². The van der Waals surface area contributed by atoms with Crippen molar-refractivity contribution >= 4 is 51.7 Å². The minimum absolute atomic E-state index is 0.268. The number of benzene rings is 1. The van der Waals surface area contributed by atoms with Crippen molar-refractivity contribution in [1.82, 2.24) is 10.2 Å². The van der Waals surface area contributed by atoms with Gasteiger partial charge < -0.3 is 4.74 Å². The van der Waals surface area contributed by atoms with Gasteiger partial charge in [0, 0.05) is 12.2 Å². The van der Waals surface area contributed by atoms with Crippen molar-refractivity contribution in [2.45, 2.75) is 16.9 Å². The largest absolute Gasteiger partial charge is 0.448 e. The van der Waals surface area contributed by atoms with Crippen LogP contribution in [-0.4, -0.2) is 33.9 Å². The van der Waals surface area contributed by atoms with E-state index in [0.29, 0.717) is 27.0 Å². The highest BCUT2D eigenvalue weighted by Crippen LogP contribution is 2.29. The predicted octanol–water partition coefficient (Wildman–Crippen LogP) is 3.19. The van der Waals surface area contributed by atoms with Gasteiger partial charge in [0.15, 0.2) is 10.4 Å². The van der Waals surface area contributed by atoms with Gasteiger partial charge in [-0.2, -0.15) is 0 Å². The highest BCUT2D eigenvalue weighted by Gasteiger charge is 2.33. The molecule has 1 unspecified atom stereocenters. The Morgan fingerprint density at radius 1 is 1.54 bits per heavy atom. The molecule has 1 N–H and O–H groups in total. The molecule has 1 atom stereocenters. The maximum absolute atomic E-state index is 12.3. The number of thioether (sulfide) groups is 1. The first-order valence-electron chi connectivity index (χ1n) is 6.95. The van der Waals surface area contributed by atoms with Crippen LogP contribution < -0.4 is 5.32 Å². The maximum atomic E-state index is 12.3. The first-order chi connectivity index (χ1) is 11.6. The van der Waals surface area contributed by atoms with Gasteiger partial charge in [0.2, 0.25) is 5.13 Å². The van der Waals surface area contributed by atoms with E-state index in [0.717, 1.165) is 4.34 Å². The third kappa shape index (κ3) is 3.61. The van der Waals surface area contributed by atoms with Crippen LogP contribution in [0.3, 0.4) is 0 Å². The summed E-state index contributed by atoms with van der Waals surface area (Å²) >= 11 is 8.74. The summed E-state index contributed by atoms with van der Waals surface area (Å²) in [5, 5.41) is 11.2. The number of nitrogens with zero attached hydrogens (tertiary/aromatic N) is 2. The summed E-state index contributed by atoms with van der Waals surface area (Å²) in [6.07, 6.45) is 1.11. The van der Waals surface area contributed by atoms with Gasteiger partial charge >= 0.3 is 5.97 Å². The van der Waals surface area contributed by atoms with Crippen molar-refractivity contribution in [3.05, 3.63) is 47.0 Å². The minimum atomic E-state index is -0.920. The average molecular weight is 382 g/mol. The van der Waals surface area contributed by atoms with Crippen LogP contribution in [0, 0.1) is 0 Å². The second-order valence-electron chi connectivity index (χ2n) is 4.83. The number of amides is 1. The number of esters is 1. The monoisotopic (exact) mass is 381 g/mol. The van der Waals surface area contributed by atoms with Crippen LogP contribution in [0.25, 0.3) is 0 Å². The highest BCUT2D eigenvalue weighted by atomic mass is 35.5. The van der Waals surface area contributed by atoms with Crippen molar-refractivity contribution in [3.63, 3.8) is 0 Å². The molecule has 0 bridgehead atoms. The van der Waals surface area contributed by atoms with Crippen LogP contribution >= 0.6 is 34.7 Å². The third-order valence-electron chi connectivity index (χ3n) is 3.21. The standard InChI is InChI=1S/C15H12ClN3O3S2/c1-2-6-23-15-19-18-14(24-15)17-12(20)10-7-8-4-3-5-9(16)11(8)13(21)22-10/h2-5,10H,1,6-7H2,(H,17,18,20). The quantitative estimate of drug-likeness (QED) is 0.371. The Kier molecular flexibility index (Phi) is 5.17. The molecule has 0 saturated heterocycles. The summed E-state index contributed by atoms with van der Waals surface area (Å²) in [5.74, 6) is -0.327. The lowest BCUT2D eigenvalue weighted by Gasteiger charge is -2.23. The molecule has 1 aromatic heterocycles. The summed E-state index contributed by atoms with van der Waals surface area (Å²) in [4.78, 5) is 24.4. The zero-order valence-electron chi connectivity index (χ0n) is 12.3. The Hall–Kier alpha value is -1.90. The molecule has 0 saturated carbocycles. The lowest BCUT2D eigenvalue weighted by molar-refractivity contribution is -0.125.